The fourth-order valence-electron chi connectivity index (χ4n) is 3.25. The molecule has 5 rings (SSSR count). The van der Waals surface area contributed by atoms with Crippen LogP contribution in [0.2, 0.25) is 0 Å². The van der Waals surface area contributed by atoms with Gasteiger partial charge in [0.25, 0.3) is 0 Å². The first-order valence-corrected chi connectivity index (χ1v) is 9.24. The number of anilines is 3. The second kappa shape index (κ2) is 7.02. The molecular formula is C20H19N7O2. The van der Waals surface area contributed by atoms with Crippen LogP contribution in [-0.4, -0.2) is 49.9 Å². The van der Waals surface area contributed by atoms with E-state index >= 15 is 0 Å². The highest BCUT2D eigenvalue weighted by molar-refractivity contribution is 5.76. The summed E-state index contributed by atoms with van der Waals surface area (Å²) in [6.07, 6.45) is 5.22. The van der Waals surface area contributed by atoms with Crippen molar-refractivity contribution in [2.24, 2.45) is 0 Å². The molecule has 0 saturated carbocycles. The van der Waals surface area contributed by atoms with Crippen molar-refractivity contribution >= 4 is 23.1 Å². The minimum atomic E-state index is 0.0102. The highest BCUT2D eigenvalue weighted by atomic mass is 16.5. The number of hydrogen-bond donors (Lipinski definition) is 2. The molecule has 4 aromatic rings. The van der Waals surface area contributed by atoms with E-state index in [9.17, 15) is 0 Å². The third kappa shape index (κ3) is 3.21. The van der Waals surface area contributed by atoms with E-state index < -0.39 is 0 Å². The summed E-state index contributed by atoms with van der Waals surface area (Å²) in [5, 5.41) is 16.8. The van der Waals surface area contributed by atoms with Gasteiger partial charge in [-0.2, -0.15) is 4.98 Å². The van der Waals surface area contributed by atoms with E-state index in [-0.39, 0.29) is 6.61 Å². The molecule has 1 aliphatic rings. The van der Waals surface area contributed by atoms with Crippen molar-refractivity contribution in [2.45, 2.75) is 6.61 Å². The standard InChI is InChI=1S/C20H19N7O2/c1-26-8-9-29-16-10-14(11-22-18(16)26)17-19-24-20(25-27(19)7-6-21-17)23-15-4-2-13(12-28)3-5-15/h2-7,10-11,28H,8-9,12H2,1H3,(H,23,25). The van der Waals surface area contributed by atoms with Crippen LogP contribution in [0.25, 0.3) is 16.9 Å². The number of aliphatic hydroxyl groups excluding tert-OH is 1. The Morgan fingerprint density at radius 3 is 2.90 bits per heavy atom. The van der Waals surface area contributed by atoms with Crippen LogP contribution < -0.4 is 15.0 Å². The van der Waals surface area contributed by atoms with Gasteiger partial charge in [0, 0.05) is 36.9 Å². The second-order valence-electron chi connectivity index (χ2n) is 6.78. The number of nitrogens with one attached hydrogen (secondary N) is 1. The van der Waals surface area contributed by atoms with Crippen LogP contribution in [-0.2, 0) is 6.61 Å². The maximum Gasteiger partial charge on any atom is 0.247 e. The number of hydrogen-bond acceptors (Lipinski definition) is 8. The van der Waals surface area contributed by atoms with Crippen molar-refractivity contribution in [3.63, 3.8) is 0 Å². The molecule has 0 spiro atoms. The summed E-state index contributed by atoms with van der Waals surface area (Å²) in [5.74, 6) is 2.02. The first-order chi connectivity index (χ1) is 14.2. The lowest BCUT2D eigenvalue weighted by atomic mass is 10.2. The lowest BCUT2D eigenvalue weighted by Gasteiger charge is -2.26. The number of fused-ring (bicyclic) bond motifs is 2. The average Bonchev–Trinajstić information content (AvgIpc) is 3.16. The molecule has 0 atom stereocenters. The highest BCUT2D eigenvalue weighted by Crippen LogP contribution is 2.33. The maximum absolute atomic E-state index is 9.17. The molecule has 0 bridgehead atoms. The lowest BCUT2D eigenvalue weighted by Crippen LogP contribution is -2.29. The lowest BCUT2D eigenvalue weighted by molar-refractivity contribution is 0.282. The summed E-state index contributed by atoms with van der Waals surface area (Å²) in [6.45, 7) is 1.45. The summed E-state index contributed by atoms with van der Waals surface area (Å²) in [6, 6.07) is 9.38. The third-order valence-corrected chi connectivity index (χ3v) is 4.80. The summed E-state index contributed by atoms with van der Waals surface area (Å²) < 4.78 is 7.45. The minimum absolute atomic E-state index is 0.0102. The van der Waals surface area contributed by atoms with E-state index in [1.165, 1.54) is 0 Å². The molecule has 2 N–H and O–H groups in total. The van der Waals surface area contributed by atoms with Crippen LogP contribution in [0.15, 0.2) is 48.9 Å². The quantitative estimate of drug-likeness (QED) is 0.548. The number of benzene rings is 1. The Labute approximate surface area is 166 Å². The van der Waals surface area contributed by atoms with E-state index in [0.717, 1.165) is 34.9 Å². The van der Waals surface area contributed by atoms with E-state index in [1.807, 2.05) is 37.4 Å². The van der Waals surface area contributed by atoms with Gasteiger partial charge in [-0.1, -0.05) is 12.1 Å². The van der Waals surface area contributed by atoms with Gasteiger partial charge in [0.05, 0.1) is 13.2 Å². The van der Waals surface area contributed by atoms with E-state index in [2.05, 4.69) is 30.3 Å². The molecule has 29 heavy (non-hydrogen) atoms. The summed E-state index contributed by atoms with van der Waals surface area (Å²) in [5.41, 5.74) is 3.79. The van der Waals surface area contributed by atoms with Gasteiger partial charge >= 0.3 is 0 Å². The summed E-state index contributed by atoms with van der Waals surface area (Å²) >= 11 is 0. The van der Waals surface area contributed by atoms with Gasteiger partial charge in [-0.05, 0) is 23.8 Å². The smallest absolute Gasteiger partial charge is 0.247 e. The van der Waals surface area contributed by atoms with Gasteiger partial charge in [0.2, 0.25) is 5.95 Å². The fourth-order valence-corrected chi connectivity index (χ4v) is 3.25. The first-order valence-electron chi connectivity index (χ1n) is 9.24. The molecule has 4 heterocycles. The normalized spacial score (nSPS) is 13.2. The molecule has 9 heteroatoms. The Morgan fingerprint density at radius 1 is 1.21 bits per heavy atom. The van der Waals surface area contributed by atoms with Gasteiger partial charge in [0.15, 0.2) is 17.2 Å². The second-order valence-corrected chi connectivity index (χ2v) is 6.78. The van der Waals surface area contributed by atoms with Crippen molar-refractivity contribution < 1.29 is 9.84 Å². The van der Waals surface area contributed by atoms with Crippen LogP contribution in [0.1, 0.15) is 5.56 Å². The minimum Gasteiger partial charge on any atom is -0.488 e. The number of nitrogens with zero attached hydrogens (tertiary/aromatic N) is 6. The summed E-state index contributed by atoms with van der Waals surface area (Å²) in [4.78, 5) is 15.7. The van der Waals surface area contributed by atoms with Crippen LogP contribution >= 0.6 is 0 Å². The largest absolute Gasteiger partial charge is 0.488 e. The molecule has 1 aliphatic heterocycles. The zero-order valence-corrected chi connectivity index (χ0v) is 15.8. The Morgan fingerprint density at radius 2 is 2.07 bits per heavy atom. The SMILES string of the molecule is CN1CCOc2cc(-c3nccn4nc(Nc5ccc(CO)cc5)nc34)cnc21. The number of pyridine rings is 1. The monoisotopic (exact) mass is 389 g/mol. The predicted molar refractivity (Wildman–Crippen MR) is 108 cm³/mol. The Kier molecular flexibility index (Phi) is 4.21. The zero-order chi connectivity index (χ0) is 19.8. The molecule has 0 saturated heterocycles. The molecule has 3 aromatic heterocycles. The van der Waals surface area contributed by atoms with Crippen molar-refractivity contribution in [2.75, 3.05) is 30.4 Å². The average molecular weight is 389 g/mol. The van der Waals surface area contributed by atoms with Crippen LogP contribution in [0, 0.1) is 0 Å². The molecule has 1 aromatic carbocycles. The van der Waals surface area contributed by atoms with E-state index in [1.54, 1.807) is 23.1 Å². The molecular weight excluding hydrogens is 370 g/mol. The number of ether oxygens (including phenoxy) is 1. The fraction of sp³-hybridized carbons (Fsp3) is 0.200. The predicted octanol–water partition coefficient (Wildman–Crippen LogP) is 2.25. The van der Waals surface area contributed by atoms with Crippen LogP contribution in [0.3, 0.4) is 0 Å². The molecule has 0 unspecified atom stereocenters. The van der Waals surface area contributed by atoms with Gasteiger partial charge < -0.3 is 20.1 Å². The van der Waals surface area contributed by atoms with Gasteiger partial charge in [-0.3, -0.25) is 4.98 Å². The Balaban J connectivity index is 1.50. The molecule has 146 valence electrons. The molecule has 0 aliphatic carbocycles. The Hall–Kier alpha value is -3.72. The Bertz CT molecular complexity index is 1170. The first kappa shape index (κ1) is 17.4. The van der Waals surface area contributed by atoms with Gasteiger partial charge in [-0.25, -0.2) is 9.50 Å². The topological polar surface area (TPSA) is 101 Å². The maximum atomic E-state index is 9.17. The van der Waals surface area contributed by atoms with Crippen LogP contribution in [0.4, 0.5) is 17.5 Å². The summed E-state index contributed by atoms with van der Waals surface area (Å²) in [7, 11) is 2.00. The van der Waals surface area contributed by atoms with Crippen molar-refractivity contribution in [3.05, 3.63) is 54.5 Å². The van der Waals surface area contributed by atoms with Gasteiger partial charge in [-0.15, -0.1) is 5.10 Å². The van der Waals surface area contributed by atoms with E-state index in [4.69, 9.17) is 9.84 Å². The van der Waals surface area contributed by atoms with Crippen LogP contribution in [0.5, 0.6) is 5.75 Å². The van der Waals surface area contributed by atoms with Gasteiger partial charge in [0.1, 0.15) is 12.3 Å². The van der Waals surface area contributed by atoms with Crippen molar-refractivity contribution in [3.8, 4) is 17.0 Å². The number of aromatic nitrogens is 5. The molecule has 0 fully saturated rings. The zero-order valence-electron chi connectivity index (χ0n) is 15.8. The molecule has 9 nitrogen and oxygen atoms in total. The number of likely N-dealkylation sites (N-methyl/N-ethyl adjacent to an activating group) is 1. The molecule has 0 amide bonds. The number of aliphatic hydroxyl groups is 1. The highest BCUT2D eigenvalue weighted by Gasteiger charge is 2.19. The number of rotatable bonds is 4. The molecule has 0 radical (unpaired) electrons. The van der Waals surface area contributed by atoms with Crippen molar-refractivity contribution in [1.82, 2.24) is 24.6 Å². The van der Waals surface area contributed by atoms with E-state index in [0.29, 0.717) is 23.9 Å². The third-order valence-electron chi connectivity index (χ3n) is 4.80. The van der Waals surface area contributed by atoms with Crippen molar-refractivity contribution in [1.29, 1.82) is 0 Å².